The maximum Gasteiger partial charge on any atom is 0.433 e. The molecule has 0 amide bonds. The number of pyridine rings is 1. The van der Waals surface area contributed by atoms with Gasteiger partial charge in [0.2, 0.25) is 0 Å². The van der Waals surface area contributed by atoms with Crippen molar-refractivity contribution >= 4 is 17.6 Å². The van der Waals surface area contributed by atoms with Crippen LogP contribution < -0.4 is 5.56 Å². The first-order chi connectivity index (χ1) is 13.7. The number of alkyl halides is 3. The topological polar surface area (TPSA) is 74.1 Å². The maximum atomic E-state index is 12.8. The van der Waals surface area contributed by atoms with Gasteiger partial charge in [-0.2, -0.15) is 23.0 Å². The molecule has 2 aromatic heterocycles. The first-order valence-corrected chi connectivity index (χ1v) is 8.69. The third-order valence-electron chi connectivity index (χ3n) is 3.81. The van der Waals surface area contributed by atoms with Gasteiger partial charge in [0.05, 0.1) is 18.0 Å². The molecule has 3 rings (SSSR count). The van der Waals surface area contributed by atoms with Crippen molar-refractivity contribution in [2.75, 3.05) is 6.61 Å². The number of carbonyl (C=O) groups is 1. The van der Waals surface area contributed by atoms with E-state index in [1.54, 1.807) is 25.1 Å². The molecule has 0 radical (unpaired) electrons. The summed E-state index contributed by atoms with van der Waals surface area (Å²) in [6.07, 6.45) is -3.63. The molecule has 0 spiro atoms. The van der Waals surface area contributed by atoms with Gasteiger partial charge in [-0.05, 0) is 43.3 Å². The Morgan fingerprint density at radius 3 is 2.55 bits per heavy atom. The van der Waals surface area contributed by atoms with E-state index < -0.39 is 23.4 Å². The number of rotatable bonds is 4. The molecule has 0 unspecified atom stereocenters. The van der Waals surface area contributed by atoms with E-state index in [1.165, 1.54) is 6.07 Å². The number of benzene rings is 1. The van der Waals surface area contributed by atoms with Crippen molar-refractivity contribution in [2.45, 2.75) is 13.1 Å². The standard InChI is InChI=1S/C19H13ClF3N3O3/c1-2-29-18(28)14-9-15(11-6-7-16(24-10-11)19(21,22)23)25-26(17(14)27)13-5-3-4-12(20)8-13/h3-10H,2H2,1H3. The second kappa shape index (κ2) is 8.04. The average molecular weight is 424 g/mol. The third-order valence-corrected chi connectivity index (χ3v) is 4.04. The Morgan fingerprint density at radius 2 is 1.97 bits per heavy atom. The van der Waals surface area contributed by atoms with E-state index in [0.29, 0.717) is 5.02 Å². The summed E-state index contributed by atoms with van der Waals surface area (Å²) >= 11 is 5.96. The van der Waals surface area contributed by atoms with E-state index in [9.17, 15) is 22.8 Å². The van der Waals surface area contributed by atoms with Gasteiger partial charge >= 0.3 is 12.1 Å². The number of esters is 1. The summed E-state index contributed by atoms with van der Waals surface area (Å²) in [6.45, 7) is 1.62. The molecule has 3 aromatic rings. The van der Waals surface area contributed by atoms with Gasteiger partial charge in [-0.15, -0.1) is 0 Å². The van der Waals surface area contributed by atoms with Gasteiger partial charge in [0.15, 0.2) is 0 Å². The Hall–Kier alpha value is -3.20. The van der Waals surface area contributed by atoms with E-state index in [2.05, 4.69) is 10.1 Å². The maximum absolute atomic E-state index is 12.8. The highest BCUT2D eigenvalue weighted by atomic mass is 35.5. The van der Waals surface area contributed by atoms with Crippen LogP contribution in [0.4, 0.5) is 13.2 Å². The van der Waals surface area contributed by atoms with Crippen LogP contribution in [0, 0.1) is 0 Å². The molecular formula is C19H13ClF3N3O3. The normalized spacial score (nSPS) is 11.3. The largest absolute Gasteiger partial charge is 0.462 e. The second-order valence-electron chi connectivity index (χ2n) is 5.79. The molecule has 0 N–H and O–H groups in total. The summed E-state index contributed by atoms with van der Waals surface area (Å²) in [4.78, 5) is 28.4. The van der Waals surface area contributed by atoms with Crippen LogP contribution >= 0.6 is 11.6 Å². The highest BCUT2D eigenvalue weighted by Gasteiger charge is 2.32. The molecule has 0 fully saturated rings. The number of halogens is 4. The molecule has 0 aliphatic heterocycles. The smallest absolute Gasteiger partial charge is 0.433 e. The summed E-state index contributed by atoms with van der Waals surface area (Å²) in [5, 5.41) is 4.49. The van der Waals surface area contributed by atoms with Crippen LogP contribution in [0.2, 0.25) is 5.02 Å². The molecule has 150 valence electrons. The molecule has 0 bridgehead atoms. The third kappa shape index (κ3) is 4.45. The van der Waals surface area contributed by atoms with Crippen molar-refractivity contribution in [2.24, 2.45) is 0 Å². The van der Waals surface area contributed by atoms with Crippen LogP contribution in [0.3, 0.4) is 0 Å². The van der Waals surface area contributed by atoms with Gasteiger partial charge in [-0.25, -0.2) is 4.79 Å². The minimum absolute atomic E-state index is 0.0366. The Bertz CT molecular complexity index is 1110. The molecule has 29 heavy (non-hydrogen) atoms. The minimum Gasteiger partial charge on any atom is -0.462 e. The number of hydrogen-bond acceptors (Lipinski definition) is 5. The van der Waals surface area contributed by atoms with Crippen molar-refractivity contribution in [1.29, 1.82) is 0 Å². The Kier molecular flexibility index (Phi) is 5.69. The van der Waals surface area contributed by atoms with E-state index in [-0.39, 0.29) is 29.1 Å². The van der Waals surface area contributed by atoms with Gasteiger partial charge in [0, 0.05) is 16.8 Å². The lowest BCUT2D eigenvalue weighted by molar-refractivity contribution is -0.141. The summed E-state index contributed by atoms with van der Waals surface area (Å²) in [5.41, 5.74) is -1.64. The summed E-state index contributed by atoms with van der Waals surface area (Å²) in [7, 11) is 0. The predicted molar refractivity (Wildman–Crippen MR) is 99.0 cm³/mol. The zero-order chi connectivity index (χ0) is 21.2. The lowest BCUT2D eigenvalue weighted by Crippen LogP contribution is -2.28. The molecule has 0 saturated carbocycles. The fourth-order valence-corrected chi connectivity index (χ4v) is 2.67. The van der Waals surface area contributed by atoms with Crippen molar-refractivity contribution < 1.29 is 22.7 Å². The molecule has 2 heterocycles. The highest BCUT2D eigenvalue weighted by molar-refractivity contribution is 6.30. The summed E-state index contributed by atoms with van der Waals surface area (Å²) < 4.78 is 44.1. The molecule has 10 heteroatoms. The Labute approximate surface area is 167 Å². The fraction of sp³-hybridized carbons (Fsp3) is 0.158. The van der Waals surface area contributed by atoms with Gasteiger partial charge in [0.1, 0.15) is 11.3 Å². The Morgan fingerprint density at radius 1 is 1.21 bits per heavy atom. The van der Waals surface area contributed by atoms with Gasteiger partial charge in [-0.1, -0.05) is 17.7 Å². The lowest BCUT2D eigenvalue weighted by Gasteiger charge is -2.11. The number of aromatic nitrogens is 3. The minimum atomic E-state index is -4.60. The molecular weight excluding hydrogens is 411 g/mol. The van der Waals surface area contributed by atoms with Crippen LogP contribution in [-0.4, -0.2) is 27.3 Å². The first-order valence-electron chi connectivity index (χ1n) is 8.31. The van der Waals surface area contributed by atoms with Crippen LogP contribution in [0.5, 0.6) is 0 Å². The van der Waals surface area contributed by atoms with Crippen molar-refractivity contribution in [3.63, 3.8) is 0 Å². The molecule has 0 atom stereocenters. The quantitative estimate of drug-likeness (QED) is 0.589. The molecule has 0 saturated heterocycles. The van der Waals surface area contributed by atoms with Crippen molar-refractivity contribution in [3.05, 3.63) is 75.3 Å². The molecule has 0 aliphatic rings. The number of nitrogens with zero attached hydrogens (tertiary/aromatic N) is 3. The Balaban J connectivity index is 2.19. The lowest BCUT2D eigenvalue weighted by atomic mass is 10.1. The highest BCUT2D eigenvalue weighted by Crippen LogP contribution is 2.28. The van der Waals surface area contributed by atoms with E-state index in [4.69, 9.17) is 16.3 Å². The van der Waals surface area contributed by atoms with Crippen LogP contribution in [-0.2, 0) is 10.9 Å². The van der Waals surface area contributed by atoms with E-state index >= 15 is 0 Å². The molecule has 0 aliphatic carbocycles. The predicted octanol–water partition coefficient (Wildman–Crippen LogP) is 4.14. The number of carbonyl (C=O) groups excluding carboxylic acids is 1. The van der Waals surface area contributed by atoms with Crippen LogP contribution in [0.15, 0.2) is 53.5 Å². The van der Waals surface area contributed by atoms with Crippen LogP contribution in [0.25, 0.3) is 16.9 Å². The molecule has 6 nitrogen and oxygen atoms in total. The van der Waals surface area contributed by atoms with E-state index in [1.807, 2.05) is 0 Å². The zero-order valence-corrected chi connectivity index (χ0v) is 15.7. The summed E-state index contributed by atoms with van der Waals surface area (Å²) in [5.74, 6) is -0.878. The SMILES string of the molecule is CCOC(=O)c1cc(-c2ccc(C(F)(F)F)nc2)nn(-c2cccc(Cl)c2)c1=O. The van der Waals surface area contributed by atoms with Gasteiger partial charge in [-0.3, -0.25) is 9.78 Å². The monoisotopic (exact) mass is 423 g/mol. The van der Waals surface area contributed by atoms with Crippen molar-refractivity contribution in [1.82, 2.24) is 14.8 Å². The van der Waals surface area contributed by atoms with E-state index in [0.717, 1.165) is 29.1 Å². The number of hydrogen-bond donors (Lipinski definition) is 0. The van der Waals surface area contributed by atoms with Gasteiger partial charge < -0.3 is 4.74 Å². The second-order valence-corrected chi connectivity index (χ2v) is 6.23. The first kappa shape index (κ1) is 20.5. The van der Waals surface area contributed by atoms with Crippen LogP contribution in [0.1, 0.15) is 23.0 Å². The van der Waals surface area contributed by atoms with Crippen molar-refractivity contribution in [3.8, 4) is 16.9 Å². The fourth-order valence-electron chi connectivity index (χ4n) is 2.49. The summed E-state index contributed by atoms with van der Waals surface area (Å²) in [6, 6.07) is 9.28. The van der Waals surface area contributed by atoms with Gasteiger partial charge in [0.25, 0.3) is 5.56 Å². The zero-order valence-electron chi connectivity index (χ0n) is 14.9. The number of ether oxygens (including phenoxy) is 1. The molecule has 1 aromatic carbocycles. The average Bonchev–Trinajstić information content (AvgIpc) is 2.68.